The predicted octanol–water partition coefficient (Wildman–Crippen LogP) is 2.39. The van der Waals surface area contributed by atoms with Crippen LogP contribution in [0.5, 0.6) is 0 Å². The number of rotatable bonds is 7. The first-order valence-electron chi connectivity index (χ1n) is 6.56. The van der Waals surface area contributed by atoms with Gasteiger partial charge in [0.25, 0.3) is 0 Å². The maximum atomic E-state index is 10.3. The second-order valence-electron chi connectivity index (χ2n) is 4.76. The van der Waals surface area contributed by atoms with Crippen molar-refractivity contribution in [3.63, 3.8) is 0 Å². The van der Waals surface area contributed by atoms with E-state index in [-0.39, 0.29) is 0 Å². The number of likely N-dealkylation sites (N-methyl/N-ethyl adjacent to an activating group) is 1. The Morgan fingerprint density at radius 2 is 2.00 bits per heavy atom. The number of aliphatic hydroxyl groups is 1. The highest BCUT2D eigenvalue weighted by atomic mass is 16.5. The molecule has 102 valence electrons. The van der Waals surface area contributed by atoms with E-state index in [1.807, 2.05) is 31.2 Å². The number of ether oxygens (including phenoxy) is 1. The first-order valence-corrected chi connectivity index (χ1v) is 6.56. The molecule has 0 aliphatic heterocycles. The van der Waals surface area contributed by atoms with E-state index in [0.717, 1.165) is 17.7 Å². The maximum Gasteiger partial charge on any atom is 0.0919 e. The molecular weight excluding hydrogens is 226 g/mol. The second-order valence-corrected chi connectivity index (χ2v) is 4.76. The maximum absolute atomic E-state index is 10.3. The van der Waals surface area contributed by atoms with Gasteiger partial charge >= 0.3 is 0 Å². The molecule has 18 heavy (non-hydrogen) atoms. The van der Waals surface area contributed by atoms with Crippen LogP contribution in [0.3, 0.4) is 0 Å². The molecule has 0 amide bonds. The largest absolute Gasteiger partial charge is 0.387 e. The molecule has 0 bridgehead atoms. The second kappa shape index (κ2) is 7.52. The van der Waals surface area contributed by atoms with E-state index in [9.17, 15) is 5.11 Å². The van der Waals surface area contributed by atoms with Crippen molar-refractivity contribution < 1.29 is 9.84 Å². The van der Waals surface area contributed by atoms with Gasteiger partial charge in [-0.05, 0) is 31.5 Å². The molecule has 2 unspecified atom stereocenters. The van der Waals surface area contributed by atoms with Crippen LogP contribution in [0.4, 0.5) is 0 Å². The van der Waals surface area contributed by atoms with Crippen molar-refractivity contribution in [3.05, 3.63) is 35.4 Å². The molecule has 0 heterocycles. The van der Waals surface area contributed by atoms with Crippen LogP contribution in [0.2, 0.25) is 0 Å². The molecule has 3 heteroatoms. The molecule has 1 rings (SSSR count). The summed E-state index contributed by atoms with van der Waals surface area (Å²) in [5.41, 5.74) is 2.15. The zero-order valence-corrected chi connectivity index (χ0v) is 11.9. The highest BCUT2D eigenvalue weighted by molar-refractivity contribution is 5.27. The van der Waals surface area contributed by atoms with Crippen LogP contribution in [0, 0.1) is 6.92 Å². The number of methoxy groups -OCH3 is 1. The fourth-order valence-electron chi connectivity index (χ4n) is 2.25. The average Bonchev–Trinajstić information content (AvgIpc) is 2.36. The highest BCUT2D eigenvalue weighted by Crippen LogP contribution is 2.19. The first-order chi connectivity index (χ1) is 8.60. The van der Waals surface area contributed by atoms with E-state index in [2.05, 4.69) is 18.7 Å². The van der Waals surface area contributed by atoms with Gasteiger partial charge in [0.05, 0.1) is 12.7 Å². The van der Waals surface area contributed by atoms with Gasteiger partial charge in [-0.1, -0.05) is 31.2 Å². The van der Waals surface area contributed by atoms with Crippen LogP contribution in [0.15, 0.2) is 24.3 Å². The molecule has 0 saturated carbocycles. The molecule has 1 N–H and O–H groups in total. The number of hydrogen-bond acceptors (Lipinski definition) is 3. The zero-order chi connectivity index (χ0) is 13.5. The summed E-state index contributed by atoms with van der Waals surface area (Å²) in [6.07, 6.45) is -0.439. The smallest absolute Gasteiger partial charge is 0.0919 e. The third-order valence-electron chi connectivity index (χ3n) is 3.39. The topological polar surface area (TPSA) is 32.7 Å². The van der Waals surface area contributed by atoms with Crippen LogP contribution in [-0.4, -0.2) is 42.9 Å². The SMILES string of the molecule is CCN(CC(O)c1ccccc1C)C(C)COC. The van der Waals surface area contributed by atoms with Gasteiger partial charge in [-0.2, -0.15) is 0 Å². The number of hydrogen-bond donors (Lipinski definition) is 1. The van der Waals surface area contributed by atoms with Gasteiger partial charge in [0.1, 0.15) is 0 Å². The fraction of sp³-hybridized carbons (Fsp3) is 0.600. The minimum absolute atomic E-state index is 0.318. The number of benzene rings is 1. The molecule has 1 aromatic rings. The van der Waals surface area contributed by atoms with Gasteiger partial charge in [0.15, 0.2) is 0 Å². The normalized spacial score (nSPS) is 14.8. The van der Waals surface area contributed by atoms with Gasteiger partial charge in [-0.3, -0.25) is 4.90 Å². The molecular formula is C15H25NO2. The summed E-state index contributed by atoms with van der Waals surface area (Å²) in [5.74, 6) is 0. The monoisotopic (exact) mass is 251 g/mol. The van der Waals surface area contributed by atoms with E-state index in [0.29, 0.717) is 19.2 Å². The number of aryl methyl sites for hydroxylation is 1. The van der Waals surface area contributed by atoms with E-state index in [1.54, 1.807) is 7.11 Å². The molecule has 0 aromatic heterocycles. The summed E-state index contributed by atoms with van der Waals surface area (Å²) in [5, 5.41) is 10.3. The lowest BCUT2D eigenvalue weighted by molar-refractivity contribution is 0.0579. The standard InChI is InChI=1S/C15H25NO2/c1-5-16(13(3)11-18-4)10-15(17)14-9-7-6-8-12(14)2/h6-9,13,15,17H,5,10-11H2,1-4H3. The fourth-order valence-corrected chi connectivity index (χ4v) is 2.25. The van der Waals surface area contributed by atoms with E-state index >= 15 is 0 Å². The van der Waals surface area contributed by atoms with Gasteiger partial charge in [-0.15, -0.1) is 0 Å². The molecule has 3 nitrogen and oxygen atoms in total. The van der Waals surface area contributed by atoms with Crippen molar-refractivity contribution in [3.8, 4) is 0 Å². The predicted molar refractivity (Wildman–Crippen MR) is 74.7 cm³/mol. The number of nitrogens with zero attached hydrogens (tertiary/aromatic N) is 1. The quantitative estimate of drug-likeness (QED) is 0.807. The Kier molecular flexibility index (Phi) is 6.33. The molecule has 0 aliphatic carbocycles. The van der Waals surface area contributed by atoms with Crippen LogP contribution in [0.1, 0.15) is 31.1 Å². The van der Waals surface area contributed by atoms with Crippen molar-refractivity contribution in [2.75, 3.05) is 26.8 Å². The molecule has 0 fully saturated rings. The third-order valence-corrected chi connectivity index (χ3v) is 3.39. The summed E-state index contributed by atoms with van der Waals surface area (Å²) >= 11 is 0. The third kappa shape index (κ3) is 4.09. The summed E-state index contributed by atoms with van der Waals surface area (Å²) in [6, 6.07) is 8.32. The molecule has 2 atom stereocenters. The Balaban J connectivity index is 2.67. The van der Waals surface area contributed by atoms with Gasteiger partial charge in [0, 0.05) is 19.7 Å². The highest BCUT2D eigenvalue weighted by Gasteiger charge is 2.18. The Labute approximate surface area is 110 Å². The summed E-state index contributed by atoms with van der Waals surface area (Å²) in [6.45, 7) is 8.51. The van der Waals surface area contributed by atoms with E-state index in [4.69, 9.17) is 4.74 Å². The van der Waals surface area contributed by atoms with Crippen molar-refractivity contribution in [1.82, 2.24) is 4.90 Å². The van der Waals surface area contributed by atoms with Crippen LogP contribution >= 0.6 is 0 Å². The summed E-state index contributed by atoms with van der Waals surface area (Å²) < 4.78 is 5.17. The van der Waals surface area contributed by atoms with Crippen LogP contribution in [0.25, 0.3) is 0 Å². The van der Waals surface area contributed by atoms with E-state index in [1.165, 1.54) is 0 Å². The number of aliphatic hydroxyl groups excluding tert-OH is 1. The van der Waals surface area contributed by atoms with Crippen LogP contribution < -0.4 is 0 Å². The summed E-state index contributed by atoms with van der Waals surface area (Å²) in [7, 11) is 1.71. The lowest BCUT2D eigenvalue weighted by atomic mass is 10.0. The van der Waals surface area contributed by atoms with Gasteiger partial charge in [-0.25, -0.2) is 0 Å². The van der Waals surface area contributed by atoms with Crippen molar-refractivity contribution in [2.45, 2.75) is 32.9 Å². The Morgan fingerprint density at radius 1 is 1.33 bits per heavy atom. The molecule has 0 spiro atoms. The Hall–Kier alpha value is -0.900. The lowest BCUT2D eigenvalue weighted by Crippen LogP contribution is -2.39. The minimum Gasteiger partial charge on any atom is -0.387 e. The van der Waals surface area contributed by atoms with Gasteiger partial charge in [0.2, 0.25) is 0 Å². The molecule has 0 aliphatic rings. The average molecular weight is 251 g/mol. The lowest BCUT2D eigenvalue weighted by Gasteiger charge is -2.29. The first kappa shape index (κ1) is 15.2. The zero-order valence-electron chi connectivity index (χ0n) is 11.9. The van der Waals surface area contributed by atoms with Gasteiger partial charge < -0.3 is 9.84 Å². The molecule has 0 saturated heterocycles. The van der Waals surface area contributed by atoms with Crippen molar-refractivity contribution in [1.29, 1.82) is 0 Å². The Bertz CT molecular complexity index is 354. The van der Waals surface area contributed by atoms with Crippen molar-refractivity contribution in [2.24, 2.45) is 0 Å². The summed E-state index contributed by atoms with van der Waals surface area (Å²) in [4.78, 5) is 2.24. The Morgan fingerprint density at radius 3 is 2.56 bits per heavy atom. The minimum atomic E-state index is -0.439. The molecule has 1 aromatic carbocycles. The van der Waals surface area contributed by atoms with E-state index < -0.39 is 6.10 Å². The molecule has 0 radical (unpaired) electrons. The van der Waals surface area contributed by atoms with Crippen LogP contribution in [-0.2, 0) is 4.74 Å². The van der Waals surface area contributed by atoms with Crippen molar-refractivity contribution >= 4 is 0 Å².